The Hall–Kier alpha value is -1.86. The van der Waals surface area contributed by atoms with Crippen LogP contribution in [-0.2, 0) is 11.3 Å². The summed E-state index contributed by atoms with van der Waals surface area (Å²) >= 11 is 3.52. The number of aliphatic imine (C=N–C) groups is 1. The zero-order valence-electron chi connectivity index (χ0n) is 13.9. The molecule has 0 saturated carbocycles. The van der Waals surface area contributed by atoms with Crippen molar-refractivity contribution in [3.8, 4) is 0 Å². The molecule has 2 aliphatic heterocycles. The Labute approximate surface area is 154 Å². The van der Waals surface area contributed by atoms with Gasteiger partial charge in [-0.05, 0) is 25.0 Å². The molecular formula is C18H21BrN4O2. The first-order valence-electron chi connectivity index (χ1n) is 8.66. The molecule has 0 spiro atoms. The standard InChI is InChI=1S/C18H21BrN4O2/c19-12-3-4-14-15(18(24)22-9-13-2-1-7-25-13)10-23(16(14)8-12)11-17-20-5-6-21-17/h3-4,8,10,13H,1-2,5-7,9,11H2,(H,20,21)(H,22,24). The number of nitrogens with one attached hydrogen (secondary N) is 2. The second-order valence-corrected chi connectivity index (χ2v) is 7.35. The van der Waals surface area contributed by atoms with E-state index in [9.17, 15) is 4.79 Å². The van der Waals surface area contributed by atoms with E-state index in [1.165, 1.54) is 0 Å². The van der Waals surface area contributed by atoms with E-state index >= 15 is 0 Å². The van der Waals surface area contributed by atoms with E-state index in [2.05, 4.69) is 36.1 Å². The Morgan fingerprint density at radius 3 is 3.16 bits per heavy atom. The van der Waals surface area contributed by atoms with E-state index in [1.54, 1.807) is 0 Å². The lowest BCUT2D eigenvalue weighted by Crippen LogP contribution is -2.31. The second-order valence-electron chi connectivity index (χ2n) is 6.43. The van der Waals surface area contributed by atoms with Gasteiger partial charge >= 0.3 is 0 Å². The number of nitrogens with zero attached hydrogens (tertiary/aromatic N) is 2. The number of benzene rings is 1. The molecule has 25 heavy (non-hydrogen) atoms. The molecule has 1 atom stereocenters. The number of carbonyl (C=O) groups excluding carboxylic acids is 1. The van der Waals surface area contributed by atoms with Crippen molar-refractivity contribution < 1.29 is 9.53 Å². The van der Waals surface area contributed by atoms with Crippen LogP contribution in [0.1, 0.15) is 23.2 Å². The number of hydrogen-bond acceptors (Lipinski definition) is 4. The summed E-state index contributed by atoms with van der Waals surface area (Å²) in [5.41, 5.74) is 1.71. The summed E-state index contributed by atoms with van der Waals surface area (Å²) in [5, 5.41) is 7.26. The Balaban J connectivity index is 1.59. The van der Waals surface area contributed by atoms with E-state index in [0.717, 1.165) is 53.7 Å². The summed E-state index contributed by atoms with van der Waals surface area (Å²) in [6, 6.07) is 6.00. The molecule has 1 fully saturated rings. The van der Waals surface area contributed by atoms with Crippen LogP contribution in [-0.4, -0.2) is 48.7 Å². The highest BCUT2D eigenvalue weighted by Crippen LogP contribution is 2.25. The third-order valence-electron chi connectivity index (χ3n) is 4.67. The fourth-order valence-electron chi connectivity index (χ4n) is 3.40. The van der Waals surface area contributed by atoms with Crippen molar-refractivity contribution in [2.45, 2.75) is 25.5 Å². The first-order valence-corrected chi connectivity index (χ1v) is 9.45. The molecule has 1 unspecified atom stereocenters. The van der Waals surface area contributed by atoms with Crippen LogP contribution < -0.4 is 10.6 Å². The van der Waals surface area contributed by atoms with Gasteiger partial charge in [0.2, 0.25) is 0 Å². The molecule has 1 amide bonds. The van der Waals surface area contributed by atoms with Gasteiger partial charge in [0.1, 0.15) is 5.84 Å². The first kappa shape index (κ1) is 16.6. The van der Waals surface area contributed by atoms with Gasteiger partial charge in [0.05, 0.1) is 30.3 Å². The number of halogens is 1. The SMILES string of the molecule is O=C(NCC1CCCO1)c1cn(CC2=NCCN2)c2cc(Br)ccc12. The molecule has 2 aromatic rings. The highest BCUT2D eigenvalue weighted by atomic mass is 79.9. The maximum atomic E-state index is 12.7. The van der Waals surface area contributed by atoms with Crippen molar-refractivity contribution in [3.63, 3.8) is 0 Å². The van der Waals surface area contributed by atoms with Gasteiger partial charge in [-0.3, -0.25) is 9.79 Å². The van der Waals surface area contributed by atoms with Crippen molar-refractivity contribution >= 4 is 38.6 Å². The molecule has 0 bridgehead atoms. The summed E-state index contributed by atoms with van der Waals surface area (Å²) in [7, 11) is 0. The maximum Gasteiger partial charge on any atom is 0.253 e. The smallest absolute Gasteiger partial charge is 0.253 e. The minimum absolute atomic E-state index is 0.0529. The molecule has 4 rings (SSSR count). The summed E-state index contributed by atoms with van der Waals surface area (Å²) in [5.74, 6) is 0.908. The Kier molecular flexibility index (Phi) is 4.76. The molecule has 3 heterocycles. The van der Waals surface area contributed by atoms with Gasteiger partial charge in [-0.2, -0.15) is 0 Å². The van der Waals surface area contributed by atoms with Gasteiger partial charge in [-0.25, -0.2) is 0 Å². The van der Waals surface area contributed by atoms with Crippen molar-refractivity contribution in [1.29, 1.82) is 0 Å². The minimum Gasteiger partial charge on any atom is -0.376 e. The van der Waals surface area contributed by atoms with Gasteiger partial charge in [-0.15, -0.1) is 0 Å². The lowest BCUT2D eigenvalue weighted by molar-refractivity contribution is 0.0859. The molecule has 6 nitrogen and oxygen atoms in total. The van der Waals surface area contributed by atoms with Crippen LogP contribution in [0, 0.1) is 0 Å². The summed E-state index contributed by atoms with van der Waals surface area (Å²) in [6.45, 7) is 3.70. The van der Waals surface area contributed by atoms with Gasteiger partial charge in [0, 0.05) is 35.8 Å². The molecule has 0 aliphatic carbocycles. The van der Waals surface area contributed by atoms with Crippen molar-refractivity contribution in [3.05, 3.63) is 34.4 Å². The summed E-state index contributed by atoms with van der Waals surface area (Å²) in [4.78, 5) is 17.2. The van der Waals surface area contributed by atoms with Gasteiger partial charge < -0.3 is 19.9 Å². The van der Waals surface area contributed by atoms with Crippen LogP contribution in [0.3, 0.4) is 0 Å². The largest absolute Gasteiger partial charge is 0.376 e. The van der Waals surface area contributed by atoms with E-state index in [0.29, 0.717) is 18.7 Å². The monoisotopic (exact) mass is 404 g/mol. The number of carbonyl (C=O) groups is 1. The lowest BCUT2D eigenvalue weighted by Gasteiger charge is -2.10. The highest BCUT2D eigenvalue weighted by Gasteiger charge is 2.20. The third-order valence-corrected chi connectivity index (χ3v) is 5.16. The normalized spacial score (nSPS) is 19.9. The van der Waals surface area contributed by atoms with Crippen LogP contribution in [0.25, 0.3) is 10.9 Å². The molecule has 0 radical (unpaired) electrons. The minimum atomic E-state index is -0.0529. The molecule has 1 aromatic carbocycles. The number of aromatic nitrogens is 1. The van der Waals surface area contributed by atoms with Gasteiger partial charge in [0.25, 0.3) is 5.91 Å². The van der Waals surface area contributed by atoms with Crippen molar-refractivity contribution in [2.24, 2.45) is 4.99 Å². The van der Waals surface area contributed by atoms with Crippen LogP contribution in [0.5, 0.6) is 0 Å². The quantitative estimate of drug-likeness (QED) is 0.803. The number of hydrogen-bond donors (Lipinski definition) is 2. The lowest BCUT2D eigenvalue weighted by atomic mass is 10.1. The second kappa shape index (κ2) is 7.17. The molecule has 7 heteroatoms. The predicted octanol–water partition coefficient (Wildman–Crippen LogP) is 2.31. The topological polar surface area (TPSA) is 67.6 Å². The maximum absolute atomic E-state index is 12.7. The van der Waals surface area contributed by atoms with Crippen LogP contribution in [0.2, 0.25) is 0 Å². The molecule has 1 saturated heterocycles. The number of rotatable bonds is 5. The fraction of sp³-hybridized carbons (Fsp3) is 0.444. The number of amidine groups is 1. The Bertz CT molecular complexity index is 824. The van der Waals surface area contributed by atoms with Crippen molar-refractivity contribution in [1.82, 2.24) is 15.2 Å². The van der Waals surface area contributed by atoms with Crippen molar-refractivity contribution in [2.75, 3.05) is 26.2 Å². The zero-order valence-corrected chi connectivity index (χ0v) is 15.5. The number of fused-ring (bicyclic) bond motifs is 1. The highest BCUT2D eigenvalue weighted by molar-refractivity contribution is 9.10. The number of ether oxygens (including phenoxy) is 1. The predicted molar refractivity (Wildman–Crippen MR) is 101 cm³/mol. The van der Waals surface area contributed by atoms with Gasteiger partial charge in [0.15, 0.2) is 0 Å². The summed E-state index contributed by atoms with van der Waals surface area (Å²) < 4.78 is 8.66. The zero-order chi connectivity index (χ0) is 17.2. The van der Waals surface area contributed by atoms with Crippen LogP contribution >= 0.6 is 15.9 Å². The fourth-order valence-corrected chi connectivity index (χ4v) is 3.75. The Morgan fingerprint density at radius 2 is 2.40 bits per heavy atom. The molecule has 2 aliphatic rings. The van der Waals surface area contributed by atoms with E-state index < -0.39 is 0 Å². The third kappa shape index (κ3) is 3.57. The number of amides is 1. The Morgan fingerprint density at radius 1 is 1.48 bits per heavy atom. The average Bonchev–Trinajstić information content (AvgIpc) is 3.34. The van der Waals surface area contributed by atoms with Crippen LogP contribution in [0.15, 0.2) is 33.9 Å². The van der Waals surface area contributed by atoms with Crippen LogP contribution in [0.4, 0.5) is 0 Å². The van der Waals surface area contributed by atoms with Gasteiger partial charge in [-0.1, -0.05) is 22.0 Å². The van der Waals surface area contributed by atoms with E-state index in [-0.39, 0.29) is 12.0 Å². The van der Waals surface area contributed by atoms with E-state index in [4.69, 9.17) is 4.74 Å². The molecule has 1 aromatic heterocycles. The molecular weight excluding hydrogens is 384 g/mol. The summed E-state index contributed by atoms with van der Waals surface area (Å²) in [6.07, 6.45) is 4.15. The molecule has 132 valence electrons. The first-order chi connectivity index (χ1) is 12.2. The average molecular weight is 405 g/mol. The van der Waals surface area contributed by atoms with E-state index in [1.807, 2.05) is 24.4 Å². The molecule has 2 N–H and O–H groups in total.